The van der Waals surface area contributed by atoms with E-state index in [0.717, 1.165) is 41.6 Å². The van der Waals surface area contributed by atoms with Crippen molar-refractivity contribution in [3.05, 3.63) is 34.9 Å². The van der Waals surface area contributed by atoms with Crippen molar-refractivity contribution in [1.82, 2.24) is 15.1 Å². The van der Waals surface area contributed by atoms with E-state index in [9.17, 15) is 4.79 Å². The number of rotatable bonds is 3. The van der Waals surface area contributed by atoms with Gasteiger partial charge in [-0.3, -0.25) is 4.79 Å². The van der Waals surface area contributed by atoms with Crippen molar-refractivity contribution >= 4 is 34.8 Å². The Hall–Kier alpha value is -1.37. The fraction of sp³-hybridized carbons (Fsp3) is 0.529. The molecule has 0 aliphatic carbocycles. The highest BCUT2D eigenvalue weighted by atomic mass is 35.5. The zero-order valence-corrected chi connectivity index (χ0v) is 15.1. The molecule has 0 radical (unpaired) electrons. The molecule has 2 saturated heterocycles. The van der Waals surface area contributed by atoms with Crippen LogP contribution in [0.5, 0.6) is 0 Å². The van der Waals surface area contributed by atoms with Gasteiger partial charge in [-0.05, 0) is 42.8 Å². The summed E-state index contributed by atoms with van der Waals surface area (Å²) in [5.74, 6) is 0.132. The lowest BCUT2D eigenvalue weighted by atomic mass is 10.2. The normalized spacial score (nSPS) is 21.0. The van der Waals surface area contributed by atoms with Gasteiger partial charge in [0.2, 0.25) is 0 Å². The van der Waals surface area contributed by atoms with Gasteiger partial charge in [0.15, 0.2) is 5.11 Å². The maximum atomic E-state index is 12.3. The van der Waals surface area contributed by atoms with Gasteiger partial charge >= 0.3 is 0 Å². The van der Waals surface area contributed by atoms with Gasteiger partial charge in [0.1, 0.15) is 6.10 Å². The second-order valence-corrected chi connectivity index (χ2v) is 6.92. The van der Waals surface area contributed by atoms with Gasteiger partial charge in [-0.2, -0.15) is 0 Å². The van der Waals surface area contributed by atoms with E-state index in [2.05, 4.69) is 10.2 Å². The van der Waals surface area contributed by atoms with Crippen molar-refractivity contribution in [3.63, 3.8) is 0 Å². The maximum absolute atomic E-state index is 12.3. The van der Waals surface area contributed by atoms with Crippen molar-refractivity contribution in [2.24, 2.45) is 0 Å². The molecule has 3 rings (SSSR count). The Bertz CT molecular complexity index is 582. The lowest BCUT2D eigenvalue weighted by molar-refractivity contribution is -0.142. The molecule has 2 heterocycles. The van der Waals surface area contributed by atoms with Gasteiger partial charge < -0.3 is 19.9 Å². The van der Waals surface area contributed by atoms with Gasteiger partial charge in [-0.15, -0.1) is 0 Å². The summed E-state index contributed by atoms with van der Waals surface area (Å²) in [6, 6.07) is 7.71. The first-order valence-corrected chi connectivity index (χ1v) is 9.10. The lowest BCUT2D eigenvalue weighted by Gasteiger charge is -2.37. The van der Waals surface area contributed by atoms with E-state index in [1.165, 1.54) is 0 Å². The summed E-state index contributed by atoms with van der Waals surface area (Å²) in [6.07, 6.45) is 1.60. The number of piperazine rings is 1. The molecule has 1 aromatic rings. The zero-order valence-electron chi connectivity index (χ0n) is 13.5. The van der Waals surface area contributed by atoms with Crippen LogP contribution in [-0.4, -0.2) is 59.7 Å². The summed E-state index contributed by atoms with van der Waals surface area (Å²) in [4.78, 5) is 16.4. The smallest absolute Gasteiger partial charge is 0.251 e. The summed E-state index contributed by atoms with van der Waals surface area (Å²) < 4.78 is 5.49. The molecule has 0 bridgehead atoms. The molecule has 0 spiro atoms. The van der Waals surface area contributed by atoms with Crippen LogP contribution < -0.4 is 5.32 Å². The number of amides is 1. The number of hydrogen-bond acceptors (Lipinski definition) is 3. The van der Waals surface area contributed by atoms with Crippen molar-refractivity contribution in [2.45, 2.75) is 25.5 Å². The highest BCUT2D eigenvalue weighted by Crippen LogP contribution is 2.16. The largest absolute Gasteiger partial charge is 0.368 e. The molecule has 0 aromatic heterocycles. The average molecular weight is 368 g/mol. The first-order chi connectivity index (χ1) is 11.6. The van der Waals surface area contributed by atoms with Crippen molar-refractivity contribution in [1.29, 1.82) is 0 Å². The van der Waals surface area contributed by atoms with Gasteiger partial charge in [0.25, 0.3) is 5.91 Å². The van der Waals surface area contributed by atoms with Crippen molar-refractivity contribution in [2.75, 3.05) is 32.8 Å². The third-order valence-electron chi connectivity index (χ3n) is 4.44. The van der Waals surface area contributed by atoms with Gasteiger partial charge in [-0.1, -0.05) is 23.7 Å². The minimum Gasteiger partial charge on any atom is -0.368 e. The number of nitrogens with zero attached hydrogens (tertiary/aromatic N) is 2. The molecule has 0 saturated carbocycles. The van der Waals surface area contributed by atoms with Crippen LogP contribution in [-0.2, 0) is 16.1 Å². The monoisotopic (exact) mass is 367 g/mol. The first kappa shape index (κ1) is 17.5. The minimum absolute atomic E-state index is 0.132. The number of carbonyl (C=O) groups is 1. The molecule has 1 amide bonds. The molecule has 2 fully saturated rings. The Morgan fingerprint density at radius 1 is 1.21 bits per heavy atom. The van der Waals surface area contributed by atoms with Gasteiger partial charge in [0.05, 0.1) is 0 Å². The average Bonchev–Trinajstić information content (AvgIpc) is 3.15. The first-order valence-electron chi connectivity index (χ1n) is 8.31. The van der Waals surface area contributed by atoms with Crippen molar-refractivity contribution in [3.8, 4) is 0 Å². The predicted octanol–water partition coefficient (Wildman–Crippen LogP) is 2.04. The summed E-state index contributed by atoms with van der Waals surface area (Å²) >= 11 is 11.4. The molecule has 7 heteroatoms. The van der Waals surface area contributed by atoms with E-state index in [1.807, 2.05) is 29.2 Å². The molecule has 130 valence electrons. The number of hydrogen-bond donors (Lipinski definition) is 1. The molecule has 2 aliphatic heterocycles. The number of thiocarbonyl (C=S) groups is 1. The van der Waals surface area contributed by atoms with Crippen LogP contribution >= 0.6 is 23.8 Å². The Morgan fingerprint density at radius 2 is 1.88 bits per heavy atom. The van der Waals surface area contributed by atoms with E-state index in [1.54, 1.807) is 0 Å². The maximum Gasteiger partial charge on any atom is 0.251 e. The Morgan fingerprint density at radius 3 is 2.50 bits per heavy atom. The van der Waals surface area contributed by atoms with Crippen molar-refractivity contribution < 1.29 is 9.53 Å². The Kier molecular flexibility index (Phi) is 5.92. The standard InChI is InChI=1S/C17H22ClN3O2S/c18-14-5-3-13(4-6-14)12-19-17(24)21-9-7-20(8-10-21)16(22)15-2-1-11-23-15/h3-6,15H,1-2,7-12H2,(H,19,24)/t15-/m0/s1. The van der Waals surface area contributed by atoms with Crippen LogP contribution in [0.2, 0.25) is 5.02 Å². The molecule has 1 atom stereocenters. The molecule has 2 aliphatic rings. The van der Waals surface area contributed by atoms with E-state index in [4.69, 9.17) is 28.6 Å². The van der Waals surface area contributed by atoms with E-state index in [0.29, 0.717) is 26.2 Å². The predicted molar refractivity (Wildman–Crippen MR) is 98.0 cm³/mol. The summed E-state index contributed by atoms with van der Waals surface area (Å²) in [7, 11) is 0. The Balaban J connectivity index is 1.43. The molecule has 5 nitrogen and oxygen atoms in total. The highest BCUT2D eigenvalue weighted by Gasteiger charge is 2.30. The van der Waals surface area contributed by atoms with Crippen LogP contribution in [0.4, 0.5) is 0 Å². The molecule has 1 N–H and O–H groups in total. The van der Waals surface area contributed by atoms with Crippen LogP contribution in [0.15, 0.2) is 24.3 Å². The van der Waals surface area contributed by atoms with E-state index < -0.39 is 0 Å². The zero-order chi connectivity index (χ0) is 16.9. The second kappa shape index (κ2) is 8.14. The number of nitrogens with one attached hydrogen (secondary N) is 1. The quantitative estimate of drug-likeness (QED) is 0.828. The topological polar surface area (TPSA) is 44.8 Å². The van der Waals surface area contributed by atoms with Crippen LogP contribution in [0, 0.1) is 0 Å². The molecule has 24 heavy (non-hydrogen) atoms. The fourth-order valence-corrected chi connectivity index (χ4v) is 3.38. The minimum atomic E-state index is -0.230. The van der Waals surface area contributed by atoms with Crippen LogP contribution in [0.1, 0.15) is 18.4 Å². The summed E-state index contributed by atoms with van der Waals surface area (Å²) in [6.45, 7) is 4.28. The van der Waals surface area contributed by atoms with Gasteiger partial charge in [-0.25, -0.2) is 0 Å². The summed E-state index contributed by atoms with van der Waals surface area (Å²) in [5.41, 5.74) is 1.13. The number of carbonyl (C=O) groups excluding carboxylic acids is 1. The Labute approximate surface area is 152 Å². The van der Waals surface area contributed by atoms with Crippen LogP contribution in [0.25, 0.3) is 0 Å². The van der Waals surface area contributed by atoms with E-state index in [-0.39, 0.29) is 12.0 Å². The number of ether oxygens (including phenoxy) is 1. The fourth-order valence-electron chi connectivity index (χ4n) is 3.00. The second-order valence-electron chi connectivity index (χ2n) is 6.10. The third-order valence-corrected chi connectivity index (χ3v) is 5.10. The molecule has 0 unspecified atom stereocenters. The van der Waals surface area contributed by atoms with E-state index >= 15 is 0 Å². The van der Waals surface area contributed by atoms with Gasteiger partial charge in [0, 0.05) is 44.4 Å². The number of halogens is 1. The number of benzene rings is 1. The summed E-state index contributed by atoms with van der Waals surface area (Å²) in [5, 5.41) is 4.73. The third kappa shape index (κ3) is 4.37. The molecular weight excluding hydrogens is 346 g/mol. The highest BCUT2D eigenvalue weighted by molar-refractivity contribution is 7.80. The SMILES string of the molecule is O=C([C@@H]1CCCO1)N1CCN(C(=S)NCc2ccc(Cl)cc2)CC1. The molecular formula is C17H22ClN3O2S. The molecule has 1 aromatic carbocycles. The lowest BCUT2D eigenvalue weighted by Crippen LogP contribution is -2.54. The van der Waals surface area contributed by atoms with Crippen LogP contribution in [0.3, 0.4) is 0 Å².